The number of rotatable bonds is 7. The number of nitrogens with one attached hydrogen (secondary N) is 1. The number of ether oxygens (including phenoxy) is 1. The molecule has 7 nitrogen and oxygen atoms in total. The zero-order chi connectivity index (χ0) is 21.7. The molecule has 2 aliphatic rings. The number of hydrogen-bond acceptors (Lipinski definition) is 5. The molecule has 7 heteroatoms. The average Bonchev–Trinajstić information content (AvgIpc) is 2.77. The lowest BCUT2D eigenvalue weighted by Gasteiger charge is -2.38. The van der Waals surface area contributed by atoms with Crippen LogP contribution < -0.4 is 15.8 Å². The van der Waals surface area contributed by atoms with Crippen molar-refractivity contribution in [3.8, 4) is 5.75 Å². The van der Waals surface area contributed by atoms with Crippen molar-refractivity contribution in [3.63, 3.8) is 0 Å². The lowest BCUT2D eigenvalue weighted by atomic mass is 9.71. The van der Waals surface area contributed by atoms with Crippen LogP contribution in [0.4, 0.5) is 0 Å². The van der Waals surface area contributed by atoms with E-state index < -0.39 is 17.3 Å². The molecule has 2 fully saturated rings. The first-order valence-electron chi connectivity index (χ1n) is 10.8. The largest absolute Gasteiger partial charge is 0.497 e. The van der Waals surface area contributed by atoms with Gasteiger partial charge in [-0.3, -0.25) is 14.4 Å². The molecule has 0 aromatic heterocycles. The maximum Gasteiger partial charge on any atom is 0.226 e. The van der Waals surface area contributed by atoms with Crippen LogP contribution in [0.2, 0.25) is 0 Å². The predicted octanol–water partition coefficient (Wildman–Crippen LogP) is 2.21. The minimum atomic E-state index is -1.71. The van der Waals surface area contributed by atoms with E-state index in [1.165, 1.54) is 0 Å². The molecule has 0 spiro atoms. The highest BCUT2D eigenvalue weighted by molar-refractivity contribution is 6.05. The number of primary amides is 1. The van der Waals surface area contributed by atoms with Gasteiger partial charge in [-0.05, 0) is 62.3 Å². The summed E-state index contributed by atoms with van der Waals surface area (Å²) in [5, 5.41) is 14.2. The van der Waals surface area contributed by atoms with Crippen molar-refractivity contribution in [1.82, 2.24) is 5.32 Å². The summed E-state index contributed by atoms with van der Waals surface area (Å²) in [5.41, 5.74) is 4.10. The summed E-state index contributed by atoms with van der Waals surface area (Å²) in [6.45, 7) is 0.436. The topological polar surface area (TPSA) is 119 Å². The summed E-state index contributed by atoms with van der Waals surface area (Å²) in [4.78, 5) is 37.6. The zero-order valence-corrected chi connectivity index (χ0v) is 17.6. The highest BCUT2D eigenvalue weighted by Gasteiger charge is 2.49. The summed E-state index contributed by atoms with van der Waals surface area (Å²) in [5.74, 6) is -1.10. The van der Waals surface area contributed by atoms with Crippen molar-refractivity contribution in [3.05, 3.63) is 29.8 Å². The van der Waals surface area contributed by atoms with Crippen LogP contribution in [-0.4, -0.2) is 42.0 Å². The fraction of sp³-hybridized carbons (Fsp3) is 0.609. The van der Waals surface area contributed by atoms with Crippen molar-refractivity contribution < 1.29 is 24.2 Å². The third kappa shape index (κ3) is 4.83. The lowest BCUT2D eigenvalue weighted by Crippen LogP contribution is -2.54. The van der Waals surface area contributed by atoms with Crippen molar-refractivity contribution >= 4 is 17.6 Å². The Morgan fingerprint density at radius 3 is 2.53 bits per heavy atom. The van der Waals surface area contributed by atoms with Gasteiger partial charge in [0.05, 0.1) is 13.0 Å². The minimum absolute atomic E-state index is 0.135. The first-order chi connectivity index (χ1) is 14.3. The molecule has 1 aromatic carbocycles. The Morgan fingerprint density at radius 2 is 1.87 bits per heavy atom. The maximum absolute atomic E-state index is 13.1. The molecule has 4 N–H and O–H groups in total. The van der Waals surface area contributed by atoms with Gasteiger partial charge in [-0.2, -0.15) is 0 Å². The van der Waals surface area contributed by atoms with E-state index in [2.05, 4.69) is 5.32 Å². The van der Waals surface area contributed by atoms with Gasteiger partial charge in [-0.15, -0.1) is 0 Å². The van der Waals surface area contributed by atoms with Crippen LogP contribution in [0, 0.1) is 17.8 Å². The number of amides is 2. The lowest BCUT2D eigenvalue weighted by molar-refractivity contribution is -0.134. The van der Waals surface area contributed by atoms with E-state index in [0.29, 0.717) is 37.1 Å². The van der Waals surface area contributed by atoms with E-state index in [1.807, 2.05) is 0 Å². The average molecular weight is 417 g/mol. The smallest absolute Gasteiger partial charge is 0.226 e. The summed E-state index contributed by atoms with van der Waals surface area (Å²) in [6.07, 6.45) is 5.56. The van der Waals surface area contributed by atoms with Gasteiger partial charge in [0, 0.05) is 18.0 Å². The summed E-state index contributed by atoms with van der Waals surface area (Å²) >= 11 is 0. The molecule has 1 aromatic rings. The number of nitrogens with two attached hydrogens (primary N) is 1. The first kappa shape index (κ1) is 22.3. The molecule has 2 amide bonds. The van der Waals surface area contributed by atoms with Gasteiger partial charge in [-0.25, -0.2) is 0 Å². The quantitative estimate of drug-likeness (QED) is 0.589. The molecule has 2 aliphatic carbocycles. The number of carbonyl (C=O) groups excluding carboxylic acids is 3. The van der Waals surface area contributed by atoms with Crippen molar-refractivity contribution in [2.24, 2.45) is 23.5 Å². The van der Waals surface area contributed by atoms with Crippen LogP contribution in [0.15, 0.2) is 24.3 Å². The molecule has 0 aliphatic heterocycles. The summed E-state index contributed by atoms with van der Waals surface area (Å²) in [7, 11) is 1.55. The number of hydrogen-bond donors (Lipinski definition) is 3. The van der Waals surface area contributed by atoms with Crippen molar-refractivity contribution in [2.75, 3.05) is 13.7 Å². The molecule has 2 saturated carbocycles. The molecule has 4 atom stereocenters. The van der Waals surface area contributed by atoms with E-state index >= 15 is 0 Å². The van der Waals surface area contributed by atoms with Gasteiger partial charge < -0.3 is 20.9 Å². The summed E-state index contributed by atoms with van der Waals surface area (Å²) in [6, 6.07) is 6.59. The summed E-state index contributed by atoms with van der Waals surface area (Å²) < 4.78 is 5.12. The standard InChI is InChI=1S/C23H32N2O5/c1-30-18-10-8-16(9-11-18)20(26)23(29)12-3-2-7-19(23)22(28)25-14-15-5-4-6-17(13-15)21(24)27/h8-11,15,17,19,29H,2-7,12-14H2,1H3,(H2,24,27)(H,25,28). The van der Waals surface area contributed by atoms with E-state index in [1.54, 1.807) is 31.4 Å². The van der Waals surface area contributed by atoms with Crippen molar-refractivity contribution in [1.29, 1.82) is 0 Å². The predicted molar refractivity (Wildman–Crippen MR) is 112 cm³/mol. The number of methoxy groups -OCH3 is 1. The molecular formula is C23H32N2O5. The number of Topliss-reactive ketones (excluding diaryl/α,β-unsaturated/α-hetero) is 1. The normalized spacial score (nSPS) is 29.1. The van der Waals surface area contributed by atoms with Gasteiger partial charge in [-0.1, -0.05) is 19.3 Å². The number of benzene rings is 1. The SMILES string of the molecule is COc1ccc(C(=O)C2(O)CCCCC2C(=O)NCC2CCCC(C(N)=O)C2)cc1. The van der Waals surface area contributed by atoms with Crippen LogP contribution in [0.25, 0.3) is 0 Å². The van der Waals surface area contributed by atoms with Crippen LogP contribution in [-0.2, 0) is 9.59 Å². The second-order valence-electron chi connectivity index (χ2n) is 8.66. The Hall–Kier alpha value is -2.41. The van der Waals surface area contributed by atoms with E-state index in [-0.39, 0.29) is 30.1 Å². The molecule has 3 rings (SSSR count). The molecule has 0 saturated heterocycles. The fourth-order valence-corrected chi connectivity index (χ4v) is 4.87. The van der Waals surface area contributed by atoms with Gasteiger partial charge in [0.2, 0.25) is 11.8 Å². The van der Waals surface area contributed by atoms with Crippen LogP contribution in [0.3, 0.4) is 0 Å². The van der Waals surface area contributed by atoms with Gasteiger partial charge in [0.1, 0.15) is 11.4 Å². The third-order valence-electron chi connectivity index (χ3n) is 6.69. The molecular weight excluding hydrogens is 384 g/mol. The van der Waals surface area contributed by atoms with Gasteiger partial charge in [0.25, 0.3) is 0 Å². The Balaban J connectivity index is 1.67. The minimum Gasteiger partial charge on any atom is -0.497 e. The molecule has 4 unspecified atom stereocenters. The Bertz CT molecular complexity index is 778. The fourth-order valence-electron chi connectivity index (χ4n) is 4.87. The van der Waals surface area contributed by atoms with E-state index in [4.69, 9.17) is 10.5 Å². The van der Waals surface area contributed by atoms with Crippen molar-refractivity contribution in [2.45, 2.75) is 57.0 Å². The van der Waals surface area contributed by atoms with Crippen LogP contribution >= 0.6 is 0 Å². The Morgan fingerprint density at radius 1 is 1.13 bits per heavy atom. The monoisotopic (exact) mass is 416 g/mol. The molecule has 0 radical (unpaired) electrons. The molecule has 30 heavy (non-hydrogen) atoms. The number of ketones is 1. The van der Waals surface area contributed by atoms with Crippen LogP contribution in [0.1, 0.15) is 61.7 Å². The Labute approximate surface area is 177 Å². The van der Waals surface area contributed by atoms with Crippen LogP contribution in [0.5, 0.6) is 5.75 Å². The highest BCUT2D eigenvalue weighted by atomic mass is 16.5. The maximum atomic E-state index is 13.1. The Kier molecular flexibility index (Phi) is 7.13. The van der Waals surface area contributed by atoms with E-state index in [0.717, 1.165) is 25.7 Å². The second kappa shape index (κ2) is 9.60. The molecule has 164 valence electrons. The highest BCUT2D eigenvalue weighted by Crippen LogP contribution is 2.37. The van der Waals surface area contributed by atoms with Gasteiger partial charge >= 0.3 is 0 Å². The van der Waals surface area contributed by atoms with Gasteiger partial charge in [0.15, 0.2) is 5.78 Å². The second-order valence-corrected chi connectivity index (χ2v) is 8.66. The first-order valence-corrected chi connectivity index (χ1v) is 10.8. The van der Waals surface area contributed by atoms with E-state index in [9.17, 15) is 19.5 Å². The third-order valence-corrected chi connectivity index (χ3v) is 6.69. The zero-order valence-electron chi connectivity index (χ0n) is 17.6. The molecule has 0 bridgehead atoms. The number of aliphatic hydroxyl groups is 1. The molecule has 0 heterocycles. The number of carbonyl (C=O) groups is 3.